The van der Waals surface area contributed by atoms with Crippen LogP contribution in [-0.2, 0) is 0 Å². The van der Waals surface area contributed by atoms with E-state index >= 15 is 0 Å². The SMILES string of the molecule is Cc1cc(C(=O)Nc2cc(F)ccc2Br)ccc1F. The van der Waals surface area contributed by atoms with Gasteiger partial charge in [-0.15, -0.1) is 0 Å². The van der Waals surface area contributed by atoms with Crippen LogP contribution < -0.4 is 5.32 Å². The number of nitrogens with one attached hydrogen (secondary N) is 1. The minimum Gasteiger partial charge on any atom is -0.321 e. The summed E-state index contributed by atoms with van der Waals surface area (Å²) >= 11 is 3.22. The second-order valence-electron chi connectivity index (χ2n) is 4.04. The molecule has 0 aliphatic heterocycles. The second kappa shape index (κ2) is 5.48. The summed E-state index contributed by atoms with van der Waals surface area (Å²) in [6.45, 7) is 1.57. The predicted molar refractivity (Wildman–Crippen MR) is 73.2 cm³/mol. The van der Waals surface area contributed by atoms with E-state index in [4.69, 9.17) is 0 Å². The molecule has 1 amide bonds. The van der Waals surface area contributed by atoms with Gasteiger partial charge in [0, 0.05) is 10.0 Å². The standard InChI is InChI=1S/C14H10BrF2NO/c1-8-6-9(2-5-12(8)17)14(19)18-13-7-10(16)3-4-11(13)15/h2-7H,1H3,(H,18,19). The Labute approximate surface area is 117 Å². The Kier molecular flexibility index (Phi) is 3.95. The Hall–Kier alpha value is -1.75. The number of carbonyl (C=O) groups excluding carboxylic acids is 1. The van der Waals surface area contributed by atoms with E-state index in [0.717, 1.165) is 0 Å². The quantitative estimate of drug-likeness (QED) is 0.876. The highest BCUT2D eigenvalue weighted by molar-refractivity contribution is 9.10. The third-order valence-electron chi connectivity index (χ3n) is 2.60. The van der Waals surface area contributed by atoms with Crippen LogP contribution in [0, 0.1) is 18.6 Å². The highest BCUT2D eigenvalue weighted by atomic mass is 79.9. The summed E-state index contributed by atoms with van der Waals surface area (Å²) in [6.07, 6.45) is 0. The molecule has 2 nitrogen and oxygen atoms in total. The first-order chi connectivity index (χ1) is 8.97. The van der Waals surface area contributed by atoms with Gasteiger partial charge < -0.3 is 5.32 Å². The summed E-state index contributed by atoms with van der Waals surface area (Å²) in [7, 11) is 0. The first-order valence-electron chi connectivity index (χ1n) is 5.50. The zero-order valence-electron chi connectivity index (χ0n) is 10.0. The van der Waals surface area contributed by atoms with Crippen LogP contribution in [0.25, 0.3) is 0 Å². The second-order valence-corrected chi connectivity index (χ2v) is 4.90. The lowest BCUT2D eigenvalue weighted by Gasteiger charge is -2.08. The molecular formula is C14H10BrF2NO. The number of aryl methyl sites for hydroxylation is 1. The first-order valence-corrected chi connectivity index (χ1v) is 6.29. The van der Waals surface area contributed by atoms with Crippen molar-refractivity contribution >= 4 is 27.5 Å². The molecule has 2 rings (SSSR count). The molecule has 5 heteroatoms. The Morgan fingerprint density at radius 1 is 1.16 bits per heavy atom. The molecular weight excluding hydrogens is 316 g/mol. The molecule has 2 aromatic carbocycles. The fourth-order valence-corrected chi connectivity index (χ4v) is 1.92. The van der Waals surface area contributed by atoms with Gasteiger partial charge in [-0.2, -0.15) is 0 Å². The van der Waals surface area contributed by atoms with Crippen LogP contribution in [0.15, 0.2) is 40.9 Å². The number of benzene rings is 2. The predicted octanol–water partition coefficient (Wildman–Crippen LogP) is 4.29. The minimum atomic E-state index is -0.450. The third kappa shape index (κ3) is 3.17. The average molecular weight is 326 g/mol. The number of hydrogen-bond donors (Lipinski definition) is 1. The van der Waals surface area contributed by atoms with Crippen LogP contribution in [0.2, 0.25) is 0 Å². The maximum Gasteiger partial charge on any atom is 0.255 e. The number of anilines is 1. The Balaban J connectivity index is 2.25. The molecule has 0 atom stereocenters. The molecule has 0 spiro atoms. The number of carbonyl (C=O) groups is 1. The largest absolute Gasteiger partial charge is 0.321 e. The summed E-state index contributed by atoms with van der Waals surface area (Å²) < 4.78 is 26.8. The molecule has 0 saturated heterocycles. The number of rotatable bonds is 2. The van der Waals surface area contributed by atoms with E-state index in [0.29, 0.717) is 21.3 Å². The van der Waals surface area contributed by atoms with Crippen LogP contribution in [0.3, 0.4) is 0 Å². The van der Waals surface area contributed by atoms with Crippen molar-refractivity contribution in [2.45, 2.75) is 6.92 Å². The molecule has 0 fully saturated rings. The van der Waals surface area contributed by atoms with Gasteiger partial charge in [0.05, 0.1) is 5.69 Å². The van der Waals surface area contributed by atoms with Gasteiger partial charge in [0.2, 0.25) is 0 Å². The molecule has 0 aliphatic carbocycles. The maximum absolute atomic E-state index is 13.1. The summed E-state index contributed by atoms with van der Waals surface area (Å²) in [5, 5.41) is 2.57. The van der Waals surface area contributed by atoms with Crippen molar-refractivity contribution in [2.24, 2.45) is 0 Å². The maximum atomic E-state index is 13.1. The summed E-state index contributed by atoms with van der Waals surface area (Å²) in [5.74, 6) is -1.24. The lowest BCUT2D eigenvalue weighted by atomic mass is 10.1. The topological polar surface area (TPSA) is 29.1 Å². The molecule has 0 saturated carbocycles. The molecule has 0 bridgehead atoms. The molecule has 0 aliphatic rings. The van der Waals surface area contributed by atoms with E-state index in [1.54, 1.807) is 6.92 Å². The molecule has 98 valence electrons. The Bertz CT molecular complexity index is 643. The Morgan fingerprint density at radius 2 is 1.89 bits per heavy atom. The van der Waals surface area contributed by atoms with Gasteiger partial charge in [-0.05, 0) is 64.8 Å². The highest BCUT2D eigenvalue weighted by Gasteiger charge is 2.10. The molecule has 0 aromatic heterocycles. The lowest BCUT2D eigenvalue weighted by molar-refractivity contribution is 0.102. The molecule has 1 N–H and O–H groups in total. The van der Waals surface area contributed by atoms with Gasteiger partial charge in [0.25, 0.3) is 5.91 Å². The smallest absolute Gasteiger partial charge is 0.255 e. The van der Waals surface area contributed by atoms with Crippen molar-refractivity contribution in [2.75, 3.05) is 5.32 Å². The van der Waals surface area contributed by atoms with Crippen LogP contribution in [0.5, 0.6) is 0 Å². The van der Waals surface area contributed by atoms with Crippen molar-refractivity contribution in [1.82, 2.24) is 0 Å². The van der Waals surface area contributed by atoms with E-state index in [2.05, 4.69) is 21.2 Å². The van der Waals surface area contributed by atoms with Crippen molar-refractivity contribution in [3.63, 3.8) is 0 Å². The fraction of sp³-hybridized carbons (Fsp3) is 0.0714. The van der Waals surface area contributed by atoms with Crippen LogP contribution >= 0.6 is 15.9 Å². The lowest BCUT2D eigenvalue weighted by Crippen LogP contribution is -2.12. The molecule has 19 heavy (non-hydrogen) atoms. The summed E-state index contributed by atoms with van der Waals surface area (Å²) in [6, 6.07) is 8.04. The van der Waals surface area contributed by atoms with Crippen molar-refractivity contribution in [3.8, 4) is 0 Å². The van der Waals surface area contributed by atoms with E-state index in [-0.39, 0.29) is 5.82 Å². The number of hydrogen-bond acceptors (Lipinski definition) is 1. The van der Waals surface area contributed by atoms with E-state index in [1.165, 1.54) is 36.4 Å². The molecule has 2 aromatic rings. The number of halogens is 3. The van der Waals surface area contributed by atoms with E-state index < -0.39 is 11.7 Å². The minimum absolute atomic E-state index is 0.315. The number of amides is 1. The fourth-order valence-electron chi connectivity index (χ4n) is 1.57. The van der Waals surface area contributed by atoms with Gasteiger partial charge in [-0.1, -0.05) is 0 Å². The van der Waals surface area contributed by atoms with Gasteiger partial charge in [0.15, 0.2) is 0 Å². The van der Waals surface area contributed by atoms with Crippen molar-refractivity contribution < 1.29 is 13.6 Å². The van der Waals surface area contributed by atoms with Crippen LogP contribution in [0.4, 0.5) is 14.5 Å². The van der Waals surface area contributed by atoms with E-state index in [1.807, 2.05) is 0 Å². The van der Waals surface area contributed by atoms with Crippen molar-refractivity contribution in [1.29, 1.82) is 0 Å². The van der Waals surface area contributed by atoms with Gasteiger partial charge >= 0.3 is 0 Å². The van der Waals surface area contributed by atoms with Gasteiger partial charge in [-0.25, -0.2) is 8.78 Å². The van der Waals surface area contributed by atoms with Crippen LogP contribution in [0.1, 0.15) is 15.9 Å². The van der Waals surface area contributed by atoms with Gasteiger partial charge in [-0.3, -0.25) is 4.79 Å². The third-order valence-corrected chi connectivity index (χ3v) is 3.29. The average Bonchev–Trinajstić information content (AvgIpc) is 2.37. The highest BCUT2D eigenvalue weighted by Crippen LogP contribution is 2.23. The summed E-state index contributed by atoms with van der Waals surface area (Å²) in [5.41, 5.74) is 1.02. The first kappa shape index (κ1) is 13.7. The molecule has 0 heterocycles. The van der Waals surface area contributed by atoms with Crippen LogP contribution in [-0.4, -0.2) is 5.91 Å². The normalized spacial score (nSPS) is 10.3. The van der Waals surface area contributed by atoms with Crippen molar-refractivity contribution in [3.05, 3.63) is 63.6 Å². The molecule has 0 radical (unpaired) electrons. The monoisotopic (exact) mass is 325 g/mol. The Morgan fingerprint density at radius 3 is 2.58 bits per heavy atom. The van der Waals surface area contributed by atoms with Gasteiger partial charge in [0.1, 0.15) is 11.6 Å². The zero-order valence-corrected chi connectivity index (χ0v) is 11.6. The van der Waals surface area contributed by atoms with E-state index in [9.17, 15) is 13.6 Å². The summed E-state index contributed by atoms with van der Waals surface area (Å²) in [4.78, 5) is 12.0. The zero-order chi connectivity index (χ0) is 14.0. The molecule has 0 unspecified atom stereocenters.